The predicted octanol–water partition coefficient (Wildman–Crippen LogP) is 0.860. The molecular formula is C13H24N2O4. The molecule has 0 spiro atoms. The summed E-state index contributed by atoms with van der Waals surface area (Å²) >= 11 is 0. The second-order valence-corrected chi connectivity index (χ2v) is 6.00. The molecule has 0 fully saturated rings. The molecular weight excluding hydrogens is 248 g/mol. The van der Waals surface area contributed by atoms with E-state index in [9.17, 15) is 14.4 Å². The van der Waals surface area contributed by atoms with Crippen LogP contribution in [0.2, 0.25) is 0 Å². The van der Waals surface area contributed by atoms with Crippen LogP contribution in [0.15, 0.2) is 0 Å². The molecule has 1 unspecified atom stereocenters. The van der Waals surface area contributed by atoms with Gasteiger partial charge in [-0.2, -0.15) is 0 Å². The van der Waals surface area contributed by atoms with E-state index in [0.717, 1.165) is 0 Å². The number of amides is 2. The van der Waals surface area contributed by atoms with Gasteiger partial charge in [0, 0.05) is 20.0 Å². The Morgan fingerprint density at radius 3 is 2.16 bits per heavy atom. The first-order valence-electron chi connectivity index (χ1n) is 6.24. The maximum atomic E-state index is 11.7. The van der Waals surface area contributed by atoms with Crippen LogP contribution in [0.3, 0.4) is 0 Å². The first kappa shape index (κ1) is 17.4. The van der Waals surface area contributed by atoms with E-state index in [1.165, 1.54) is 18.9 Å². The van der Waals surface area contributed by atoms with Crippen LogP contribution in [0.5, 0.6) is 0 Å². The quantitative estimate of drug-likeness (QED) is 0.751. The molecule has 2 amide bonds. The molecule has 19 heavy (non-hydrogen) atoms. The molecule has 6 heteroatoms. The molecule has 0 saturated heterocycles. The Labute approximate surface area is 114 Å². The van der Waals surface area contributed by atoms with Crippen molar-refractivity contribution in [3.63, 3.8) is 0 Å². The molecule has 0 rings (SSSR count). The fourth-order valence-corrected chi connectivity index (χ4v) is 1.72. The zero-order valence-corrected chi connectivity index (χ0v) is 12.3. The van der Waals surface area contributed by atoms with Crippen molar-refractivity contribution < 1.29 is 19.5 Å². The van der Waals surface area contributed by atoms with Gasteiger partial charge in [0.05, 0.1) is 13.0 Å². The Morgan fingerprint density at radius 2 is 1.79 bits per heavy atom. The molecule has 0 radical (unpaired) electrons. The second-order valence-electron chi connectivity index (χ2n) is 6.00. The summed E-state index contributed by atoms with van der Waals surface area (Å²) in [6, 6.07) is -0.426. The molecule has 0 bridgehead atoms. The molecule has 6 nitrogen and oxygen atoms in total. The van der Waals surface area contributed by atoms with Crippen LogP contribution < -0.4 is 5.32 Å². The van der Waals surface area contributed by atoms with Crippen LogP contribution in [0.4, 0.5) is 0 Å². The fraction of sp³-hybridized carbons (Fsp3) is 0.769. The Balaban J connectivity index is 4.50. The third-order valence-corrected chi connectivity index (χ3v) is 2.56. The molecule has 0 aromatic heterocycles. The van der Waals surface area contributed by atoms with Crippen molar-refractivity contribution >= 4 is 17.8 Å². The smallest absolute Gasteiger partial charge is 0.305 e. The van der Waals surface area contributed by atoms with Crippen LogP contribution >= 0.6 is 0 Å². The lowest BCUT2D eigenvalue weighted by Crippen LogP contribution is -2.44. The van der Waals surface area contributed by atoms with Gasteiger partial charge < -0.3 is 15.3 Å². The third-order valence-electron chi connectivity index (χ3n) is 2.56. The lowest BCUT2D eigenvalue weighted by Gasteiger charge is -2.26. The number of carboxylic acid groups (broad SMARTS) is 1. The molecule has 0 aliphatic heterocycles. The van der Waals surface area contributed by atoms with E-state index in [-0.39, 0.29) is 30.2 Å². The van der Waals surface area contributed by atoms with E-state index in [1.807, 2.05) is 20.8 Å². The number of hydrogen-bond donors (Lipinski definition) is 2. The highest BCUT2D eigenvalue weighted by atomic mass is 16.4. The predicted molar refractivity (Wildman–Crippen MR) is 71.6 cm³/mol. The van der Waals surface area contributed by atoms with Crippen LogP contribution in [0.25, 0.3) is 0 Å². The first-order chi connectivity index (χ1) is 8.51. The van der Waals surface area contributed by atoms with Gasteiger partial charge in [-0.3, -0.25) is 14.4 Å². The lowest BCUT2D eigenvalue weighted by atomic mass is 9.87. The van der Waals surface area contributed by atoms with Crippen LogP contribution in [-0.4, -0.2) is 47.4 Å². The minimum Gasteiger partial charge on any atom is -0.481 e. The van der Waals surface area contributed by atoms with Crippen LogP contribution in [0.1, 0.15) is 40.5 Å². The van der Waals surface area contributed by atoms with Gasteiger partial charge >= 0.3 is 5.97 Å². The molecule has 0 aromatic carbocycles. The topological polar surface area (TPSA) is 86.7 Å². The van der Waals surface area contributed by atoms with E-state index in [1.54, 1.807) is 0 Å². The molecule has 0 aliphatic carbocycles. The number of nitrogens with zero attached hydrogens (tertiary/aromatic N) is 1. The van der Waals surface area contributed by atoms with Crippen LogP contribution in [0, 0.1) is 5.41 Å². The van der Waals surface area contributed by atoms with Crippen molar-refractivity contribution in [2.24, 2.45) is 5.41 Å². The summed E-state index contributed by atoms with van der Waals surface area (Å²) in [5, 5.41) is 11.5. The highest BCUT2D eigenvalue weighted by Crippen LogP contribution is 2.22. The normalized spacial score (nSPS) is 12.7. The maximum Gasteiger partial charge on any atom is 0.305 e. The molecule has 2 N–H and O–H groups in total. The number of likely N-dealkylation sites (N-methyl/N-ethyl adjacent to an activating group) is 1. The van der Waals surface area contributed by atoms with Gasteiger partial charge in [-0.1, -0.05) is 20.8 Å². The lowest BCUT2D eigenvalue weighted by molar-refractivity contribution is -0.138. The Bertz CT molecular complexity index is 347. The van der Waals surface area contributed by atoms with Gasteiger partial charge in [0.2, 0.25) is 11.8 Å². The van der Waals surface area contributed by atoms with Gasteiger partial charge in [-0.15, -0.1) is 0 Å². The average molecular weight is 272 g/mol. The summed E-state index contributed by atoms with van der Waals surface area (Å²) in [4.78, 5) is 34.8. The molecule has 0 heterocycles. The van der Waals surface area contributed by atoms with E-state index in [4.69, 9.17) is 5.11 Å². The monoisotopic (exact) mass is 272 g/mol. The van der Waals surface area contributed by atoms with Crippen LogP contribution in [-0.2, 0) is 14.4 Å². The number of carboxylic acids is 1. The Morgan fingerprint density at radius 1 is 1.26 bits per heavy atom. The number of aliphatic carboxylic acids is 1. The van der Waals surface area contributed by atoms with Crippen molar-refractivity contribution in [3.05, 3.63) is 0 Å². The summed E-state index contributed by atoms with van der Waals surface area (Å²) < 4.78 is 0. The Kier molecular flexibility index (Phi) is 6.52. The standard InChI is InChI=1S/C13H24N2O4/c1-9(16)15(5)8-11(17)14-10(6-12(18)19)7-13(2,3)4/h10H,6-8H2,1-5H3,(H,14,17)(H,18,19). The second kappa shape index (κ2) is 7.11. The summed E-state index contributed by atoms with van der Waals surface area (Å²) in [5.41, 5.74) is -0.0835. The summed E-state index contributed by atoms with van der Waals surface area (Å²) in [5.74, 6) is -1.50. The molecule has 0 aromatic rings. The number of carbonyl (C=O) groups is 3. The highest BCUT2D eigenvalue weighted by Gasteiger charge is 2.23. The molecule has 0 aliphatic rings. The van der Waals surface area contributed by atoms with Crippen molar-refractivity contribution in [1.29, 1.82) is 0 Å². The zero-order valence-electron chi connectivity index (χ0n) is 12.3. The number of carbonyl (C=O) groups excluding carboxylic acids is 2. The third kappa shape index (κ3) is 9.04. The van der Waals surface area contributed by atoms with E-state index < -0.39 is 12.0 Å². The summed E-state index contributed by atoms with van der Waals surface area (Å²) in [6.45, 7) is 7.26. The SMILES string of the molecule is CC(=O)N(C)CC(=O)NC(CC(=O)O)CC(C)(C)C. The van der Waals surface area contributed by atoms with Crippen molar-refractivity contribution in [1.82, 2.24) is 10.2 Å². The van der Waals surface area contributed by atoms with Crippen molar-refractivity contribution in [2.45, 2.75) is 46.6 Å². The van der Waals surface area contributed by atoms with Gasteiger partial charge in [0.25, 0.3) is 0 Å². The largest absolute Gasteiger partial charge is 0.481 e. The Hall–Kier alpha value is -1.59. The van der Waals surface area contributed by atoms with Gasteiger partial charge in [0.15, 0.2) is 0 Å². The first-order valence-corrected chi connectivity index (χ1v) is 6.24. The van der Waals surface area contributed by atoms with Gasteiger partial charge in [-0.05, 0) is 11.8 Å². The number of rotatable bonds is 6. The van der Waals surface area contributed by atoms with E-state index >= 15 is 0 Å². The highest BCUT2D eigenvalue weighted by molar-refractivity contribution is 5.84. The number of hydrogen-bond acceptors (Lipinski definition) is 3. The maximum absolute atomic E-state index is 11.7. The minimum atomic E-state index is -0.950. The van der Waals surface area contributed by atoms with Crippen molar-refractivity contribution in [2.75, 3.05) is 13.6 Å². The fourth-order valence-electron chi connectivity index (χ4n) is 1.72. The average Bonchev–Trinajstić information content (AvgIpc) is 2.12. The summed E-state index contributed by atoms with van der Waals surface area (Å²) in [6.07, 6.45) is 0.446. The zero-order chi connectivity index (χ0) is 15.2. The summed E-state index contributed by atoms with van der Waals surface area (Å²) in [7, 11) is 1.53. The molecule has 110 valence electrons. The van der Waals surface area contributed by atoms with Gasteiger partial charge in [-0.25, -0.2) is 0 Å². The van der Waals surface area contributed by atoms with E-state index in [2.05, 4.69) is 5.32 Å². The van der Waals surface area contributed by atoms with Gasteiger partial charge in [0.1, 0.15) is 0 Å². The molecule has 0 saturated carbocycles. The minimum absolute atomic E-state index is 0.0599. The number of nitrogens with one attached hydrogen (secondary N) is 1. The molecule has 1 atom stereocenters. The van der Waals surface area contributed by atoms with E-state index in [0.29, 0.717) is 6.42 Å². The van der Waals surface area contributed by atoms with Crippen molar-refractivity contribution in [3.8, 4) is 0 Å².